The quantitative estimate of drug-likeness (QED) is 0.550. The van der Waals surface area contributed by atoms with Crippen LogP contribution in [-0.4, -0.2) is 0 Å². The van der Waals surface area contributed by atoms with E-state index in [9.17, 15) is 0 Å². The van der Waals surface area contributed by atoms with E-state index in [1.54, 1.807) is 0 Å². The Morgan fingerprint density at radius 2 is 1.92 bits per heavy atom. The van der Waals surface area contributed by atoms with Crippen LogP contribution in [0, 0.1) is 5.92 Å². The third-order valence-corrected chi connectivity index (χ3v) is 1.57. The van der Waals surface area contributed by atoms with Crippen LogP contribution in [-0.2, 0) is 0 Å². The van der Waals surface area contributed by atoms with Crippen molar-refractivity contribution in [3.05, 3.63) is 48.6 Å². The highest BCUT2D eigenvalue weighted by Gasteiger charge is 1.95. The molecule has 66 valence electrons. The van der Waals surface area contributed by atoms with Crippen molar-refractivity contribution in [3.8, 4) is 0 Å². The zero-order valence-electron chi connectivity index (χ0n) is 8.25. The van der Waals surface area contributed by atoms with Gasteiger partial charge in [-0.05, 0) is 18.4 Å². The molecule has 0 radical (unpaired) electrons. The van der Waals surface area contributed by atoms with E-state index in [4.69, 9.17) is 0 Å². The molecule has 0 heterocycles. The molecule has 0 bridgehead atoms. The Labute approximate surface area is 76.0 Å². The lowest BCUT2D eigenvalue weighted by atomic mass is 10.0. The van der Waals surface area contributed by atoms with Crippen LogP contribution in [0.1, 0.15) is 20.8 Å². The van der Waals surface area contributed by atoms with Crippen molar-refractivity contribution in [2.75, 3.05) is 0 Å². The number of allylic oxidation sites excluding steroid dienone is 7. The van der Waals surface area contributed by atoms with E-state index in [0.717, 1.165) is 0 Å². The molecular formula is C12H18. The molecule has 0 aliphatic carbocycles. The summed E-state index contributed by atoms with van der Waals surface area (Å²) in [5.74, 6) is 0.560. The van der Waals surface area contributed by atoms with Gasteiger partial charge >= 0.3 is 0 Å². The van der Waals surface area contributed by atoms with Gasteiger partial charge in [-0.2, -0.15) is 0 Å². The van der Waals surface area contributed by atoms with Gasteiger partial charge < -0.3 is 0 Å². The summed E-state index contributed by atoms with van der Waals surface area (Å²) >= 11 is 0. The van der Waals surface area contributed by atoms with E-state index >= 15 is 0 Å². The number of rotatable bonds is 4. The number of hydrogen-bond donors (Lipinski definition) is 0. The minimum Gasteiger partial charge on any atom is -0.0991 e. The SMILES string of the molecule is C=C\C=C(/C=C\C=C/C)C(C)C. The molecule has 0 aromatic heterocycles. The fraction of sp³-hybridized carbons (Fsp3) is 0.333. The van der Waals surface area contributed by atoms with Crippen molar-refractivity contribution >= 4 is 0 Å². The van der Waals surface area contributed by atoms with Gasteiger partial charge in [0, 0.05) is 0 Å². The summed E-state index contributed by atoms with van der Waals surface area (Å²) in [7, 11) is 0. The molecule has 0 saturated carbocycles. The van der Waals surface area contributed by atoms with Gasteiger partial charge in [0.15, 0.2) is 0 Å². The van der Waals surface area contributed by atoms with Crippen LogP contribution in [0.15, 0.2) is 48.6 Å². The van der Waals surface area contributed by atoms with Gasteiger partial charge in [0.05, 0.1) is 0 Å². The summed E-state index contributed by atoms with van der Waals surface area (Å²) in [6, 6.07) is 0. The monoisotopic (exact) mass is 162 g/mol. The predicted molar refractivity (Wildman–Crippen MR) is 57.1 cm³/mol. The second-order valence-electron chi connectivity index (χ2n) is 2.94. The molecule has 0 unspecified atom stereocenters. The van der Waals surface area contributed by atoms with Crippen molar-refractivity contribution in [2.45, 2.75) is 20.8 Å². The summed E-state index contributed by atoms with van der Waals surface area (Å²) in [5.41, 5.74) is 1.31. The largest absolute Gasteiger partial charge is 0.0991 e. The molecule has 0 saturated heterocycles. The van der Waals surface area contributed by atoms with Crippen LogP contribution in [0.5, 0.6) is 0 Å². The highest BCUT2D eigenvalue weighted by atomic mass is 14.0. The van der Waals surface area contributed by atoms with Crippen molar-refractivity contribution < 1.29 is 0 Å². The first-order chi connectivity index (χ1) is 5.72. The normalized spacial score (nSPS) is 13.5. The van der Waals surface area contributed by atoms with Gasteiger partial charge in [-0.3, -0.25) is 0 Å². The molecule has 12 heavy (non-hydrogen) atoms. The minimum absolute atomic E-state index is 0.560. The van der Waals surface area contributed by atoms with E-state index in [-0.39, 0.29) is 0 Å². The topological polar surface area (TPSA) is 0 Å². The molecule has 0 atom stereocenters. The molecule has 0 aromatic carbocycles. The Kier molecular flexibility index (Phi) is 6.08. The van der Waals surface area contributed by atoms with Crippen LogP contribution < -0.4 is 0 Å². The Morgan fingerprint density at radius 3 is 2.33 bits per heavy atom. The smallest absolute Gasteiger partial charge is 0.0219 e. The van der Waals surface area contributed by atoms with Crippen LogP contribution in [0.3, 0.4) is 0 Å². The maximum Gasteiger partial charge on any atom is -0.0219 e. The first-order valence-corrected chi connectivity index (χ1v) is 4.34. The highest BCUT2D eigenvalue weighted by molar-refractivity contribution is 5.26. The minimum atomic E-state index is 0.560. The second-order valence-corrected chi connectivity index (χ2v) is 2.94. The summed E-state index contributed by atoms with van der Waals surface area (Å²) in [6.07, 6.45) is 12.1. The van der Waals surface area contributed by atoms with Crippen LogP contribution >= 0.6 is 0 Å². The third kappa shape index (κ3) is 4.73. The Balaban J connectivity index is 4.33. The number of hydrogen-bond acceptors (Lipinski definition) is 0. The molecule has 0 rings (SSSR count). The van der Waals surface area contributed by atoms with Crippen molar-refractivity contribution in [2.24, 2.45) is 5.92 Å². The average molecular weight is 162 g/mol. The molecule has 0 aliphatic heterocycles. The van der Waals surface area contributed by atoms with Crippen LogP contribution in [0.25, 0.3) is 0 Å². The standard InChI is InChI=1S/C12H18/c1-5-7-8-10-12(9-6-2)11(3)4/h5-11H,2H2,1,3-4H3/b7-5-,10-8-,12-9+. The van der Waals surface area contributed by atoms with Crippen molar-refractivity contribution in [3.63, 3.8) is 0 Å². The lowest BCUT2D eigenvalue weighted by Gasteiger charge is -2.03. The first kappa shape index (κ1) is 11.0. The summed E-state index contributed by atoms with van der Waals surface area (Å²) < 4.78 is 0. The van der Waals surface area contributed by atoms with Gasteiger partial charge in [-0.25, -0.2) is 0 Å². The van der Waals surface area contributed by atoms with Gasteiger partial charge in [-0.1, -0.05) is 56.9 Å². The second kappa shape index (κ2) is 6.66. The average Bonchev–Trinajstić information content (AvgIpc) is 2.03. The van der Waals surface area contributed by atoms with E-state index in [1.807, 2.05) is 31.2 Å². The van der Waals surface area contributed by atoms with Crippen LogP contribution in [0.2, 0.25) is 0 Å². The highest BCUT2D eigenvalue weighted by Crippen LogP contribution is 2.10. The maximum absolute atomic E-state index is 3.68. The zero-order valence-corrected chi connectivity index (χ0v) is 8.25. The Hall–Kier alpha value is -1.04. The first-order valence-electron chi connectivity index (χ1n) is 4.34. The van der Waals surface area contributed by atoms with E-state index in [1.165, 1.54) is 5.57 Å². The molecule has 0 aromatic rings. The molecular weight excluding hydrogens is 144 g/mol. The third-order valence-electron chi connectivity index (χ3n) is 1.57. The molecule has 0 spiro atoms. The van der Waals surface area contributed by atoms with Crippen LogP contribution in [0.4, 0.5) is 0 Å². The van der Waals surface area contributed by atoms with Gasteiger partial charge in [0.25, 0.3) is 0 Å². The molecule has 0 N–H and O–H groups in total. The Morgan fingerprint density at radius 1 is 1.25 bits per heavy atom. The summed E-state index contributed by atoms with van der Waals surface area (Å²) in [4.78, 5) is 0. The van der Waals surface area contributed by atoms with E-state index in [2.05, 4.69) is 32.6 Å². The van der Waals surface area contributed by atoms with Gasteiger partial charge in [-0.15, -0.1) is 0 Å². The molecule has 0 aliphatic rings. The van der Waals surface area contributed by atoms with E-state index in [0.29, 0.717) is 5.92 Å². The summed E-state index contributed by atoms with van der Waals surface area (Å²) in [5, 5.41) is 0. The fourth-order valence-corrected chi connectivity index (χ4v) is 0.854. The Bertz CT molecular complexity index is 202. The van der Waals surface area contributed by atoms with Gasteiger partial charge in [0.1, 0.15) is 0 Å². The fourth-order valence-electron chi connectivity index (χ4n) is 0.854. The lowest BCUT2D eigenvalue weighted by Crippen LogP contribution is -1.88. The zero-order chi connectivity index (χ0) is 9.40. The summed E-state index contributed by atoms with van der Waals surface area (Å²) in [6.45, 7) is 10.0. The lowest BCUT2D eigenvalue weighted by molar-refractivity contribution is 0.792. The molecule has 0 fully saturated rings. The molecule has 0 heteroatoms. The maximum atomic E-state index is 3.68. The predicted octanol–water partition coefficient (Wildman–Crippen LogP) is 3.89. The van der Waals surface area contributed by atoms with Crippen molar-refractivity contribution in [1.82, 2.24) is 0 Å². The van der Waals surface area contributed by atoms with Crippen molar-refractivity contribution in [1.29, 1.82) is 0 Å². The van der Waals surface area contributed by atoms with E-state index < -0.39 is 0 Å². The van der Waals surface area contributed by atoms with Gasteiger partial charge in [0.2, 0.25) is 0 Å². The molecule has 0 nitrogen and oxygen atoms in total. The molecule has 0 amide bonds.